The Morgan fingerprint density at radius 1 is 1.47 bits per heavy atom. The average molecular weight is 409 g/mol. The van der Waals surface area contributed by atoms with Crippen LogP contribution in [0.5, 0.6) is 0 Å². The van der Waals surface area contributed by atoms with E-state index in [0.29, 0.717) is 6.42 Å². The molecule has 0 rings (SSSR count). The van der Waals surface area contributed by atoms with E-state index in [1.807, 2.05) is 6.92 Å². The fraction of sp³-hybridized carbons (Fsp3) is 0.625. The monoisotopic (exact) mass is 406 g/mol. The van der Waals surface area contributed by atoms with E-state index in [-0.39, 0.29) is 12.3 Å². The fourth-order valence-corrected chi connectivity index (χ4v) is 1.31. The number of halogens is 3. The van der Waals surface area contributed by atoms with Gasteiger partial charge in [-0.2, -0.15) is 0 Å². The van der Waals surface area contributed by atoms with Crippen molar-refractivity contribution in [1.29, 1.82) is 0 Å². The molecule has 0 fully saturated rings. The third-order valence-electron chi connectivity index (χ3n) is 1.38. The van der Waals surface area contributed by atoms with Crippen LogP contribution in [0, 0.1) is 0 Å². The molecular formula is C8H11Br3NO3-. The molecule has 0 bridgehead atoms. The predicted molar refractivity (Wildman–Crippen MR) is 66.8 cm³/mol. The lowest BCUT2D eigenvalue weighted by Crippen LogP contribution is -2.30. The summed E-state index contributed by atoms with van der Waals surface area (Å²) in [6.45, 7) is 2.16. The maximum atomic E-state index is 11.7. The molecule has 0 unspecified atom stereocenters. The number of allylic oxidation sites excluding steroid dienone is 1. The summed E-state index contributed by atoms with van der Waals surface area (Å²) in [4.78, 5) is 11.4. The molecule has 88 valence electrons. The third-order valence-corrected chi connectivity index (χ3v) is 2.46. The topological polar surface area (TPSA) is 61.4 Å². The normalized spacial score (nSPS) is 13.1. The van der Waals surface area contributed by atoms with Gasteiger partial charge in [-0.05, 0) is 6.42 Å². The first-order chi connectivity index (χ1) is 6.84. The Bertz CT molecular complexity index is 260. The number of nitrogens with one attached hydrogen (secondary N) is 1. The molecule has 0 radical (unpaired) electrons. The quantitative estimate of drug-likeness (QED) is 0.332. The molecule has 7 heteroatoms. The first-order valence-corrected chi connectivity index (χ1v) is 6.55. The number of hydrogen-bond donors (Lipinski definition) is 1. The van der Waals surface area contributed by atoms with Crippen LogP contribution in [-0.4, -0.2) is 21.8 Å². The molecule has 0 aliphatic heterocycles. The fourth-order valence-electron chi connectivity index (χ4n) is 0.717. The van der Waals surface area contributed by atoms with Crippen LogP contribution in [0.25, 0.3) is 0 Å². The zero-order chi connectivity index (χ0) is 12.1. The van der Waals surface area contributed by atoms with E-state index in [4.69, 9.17) is 4.74 Å². The molecule has 0 aromatic carbocycles. The molecule has 0 amide bonds. The van der Waals surface area contributed by atoms with E-state index in [0.717, 1.165) is 0 Å². The van der Waals surface area contributed by atoms with Gasteiger partial charge in [0.1, 0.15) is 7.84 Å². The smallest absolute Gasteiger partial charge is 0.353 e. The van der Waals surface area contributed by atoms with Gasteiger partial charge in [0, 0.05) is 7.05 Å². The predicted octanol–water partition coefficient (Wildman–Crippen LogP) is 1.57. The highest BCUT2D eigenvalue weighted by atomic mass is 80.0. The second-order valence-corrected chi connectivity index (χ2v) is 9.35. The zero-order valence-electron chi connectivity index (χ0n) is 8.27. The van der Waals surface area contributed by atoms with Crippen LogP contribution in [0.2, 0.25) is 0 Å². The Morgan fingerprint density at radius 3 is 2.33 bits per heavy atom. The Morgan fingerprint density at radius 2 is 2.00 bits per heavy atom. The highest BCUT2D eigenvalue weighted by Crippen LogP contribution is 2.39. The lowest BCUT2D eigenvalue weighted by molar-refractivity contribution is -0.304. The van der Waals surface area contributed by atoms with Crippen LogP contribution >= 0.6 is 47.8 Å². The van der Waals surface area contributed by atoms with Crippen LogP contribution in [-0.2, 0) is 9.53 Å². The summed E-state index contributed by atoms with van der Waals surface area (Å²) in [6.07, 6.45) is 0.707. The van der Waals surface area contributed by atoms with Crippen LogP contribution < -0.4 is 10.4 Å². The van der Waals surface area contributed by atoms with Gasteiger partial charge in [0.25, 0.3) is 0 Å². The molecule has 0 heterocycles. The molecule has 1 N–H and O–H groups in total. The molecule has 0 saturated heterocycles. The van der Waals surface area contributed by atoms with E-state index in [2.05, 4.69) is 53.1 Å². The summed E-state index contributed by atoms with van der Waals surface area (Å²) in [7, 11) is 1.49. The second kappa shape index (κ2) is 6.75. The number of esters is 1. The van der Waals surface area contributed by atoms with Gasteiger partial charge in [0.05, 0.1) is 6.61 Å². The van der Waals surface area contributed by atoms with Crippen molar-refractivity contribution in [2.75, 3.05) is 13.7 Å². The minimum atomic E-state index is -1.14. The van der Waals surface area contributed by atoms with Gasteiger partial charge < -0.3 is 15.2 Å². The maximum Gasteiger partial charge on any atom is 0.353 e. The van der Waals surface area contributed by atoms with Gasteiger partial charge in [-0.15, -0.1) is 0 Å². The number of alkyl halides is 3. The average Bonchev–Trinajstić information content (AvgIpc) is 2.14. The van der Waals surface area contributed by atoms with Crippen molar-refractivity contribution in [3.63, 3.8) is 0 Å². The summed E-state index contributed by atoms with van der Waals surface area (Å²) >= 11 is 9.11. The Labute approximate surface area is 114 Å². The molecule has 4 nitrogen and oxygen atoms in total. The third kappa shape index (κ3) is 5.21. The number of ether oxygens (including phenoxy) is 1. The van der Waals surface area contributed by atoms with Gasteiger partial charge in [-0.25, -0.2) is 4.79 Å². The highest BCUT2D eigenvalue weighted by Gasteiger charge is 2.23. The second-order valence-electron chi connectivity index (χ2n) is 2.59. The Hall–Kier alpha value is 0.250. The Balaban J connectivity index is 4.81. The SMILES string of the molecule is CCCOC(=O)/C(NC)=C(\[O-])C(Br)(Br)Br. The van der Waals surface area contributed by atoms with Gasteiger partial charge in [0.15, 0.2) is 0 Å². The van der Waals surface area contributed by atoms with Crippen LogP contribution in [0.15, 0.2) is 11.5 Å². The number of rotatable bonds is 4. The lowest BCUT2D eigenvalue weighted by Gasteiger charge is -2.25. The van der Waals surface area contributed by atoms with Gasteiger partial charge in [-0.3, -0.25) is 0 Å². The molecule has 15 heavy (non-hydrogen) atoms. The van der Waals surface area contributed by atoms with Gasteiger partial charge >= 0.3 is 5.97 Å². The van der Waals surface area contributed by atoms with Crippen LogP contribution in [0.4, 0.5) is 0 Å². The first kappa shape index (κ1) is 15.2. The first-order valence-electron chi connectivity index (χ1n) is 4.18. The number of carbonyl (C=O) groups is 1. The van der Waals surface area contributed by atoms with Crippen LogP contribution in [0.1, 0.15) is 13.3 Å². The standard InChI is InChI=1S/C8H12Br3NO3/c1-3-4-15-7(14)5(12-2)6(13)8(9,10)11/h12-13H,3-4H2,1-2H3/p-1/b6-5+. The van der Waals surface area contributed by atoms with Crippen molar-refractivity contribution in [3.8, 4) is 0 Å². The van der Waals surface area contributed by atoms with Crippen molar-refractivity contribution in [3.05, 3.63) is 11.5 Å². The molecule has 0 aromatic heterocycles. The van der Waals surface area contributed by atoms with E-state index >= 15 is 0 Å². The minimum absolute atomic E-state index is 0.117. The van der Waals surface area contributed by atoms with Gasteiger partial charge in [-0.1, -0.05) is 60.5 Å². The summed E-state index contributed by atoms with van der Waals surface area (Å²) in [5.74, 6) is -1.14. The van der Waals surface area contributed by atoms with Crippen LogP contribution in [0.3, 0.4) is 0 Å². The van der Waals surface area contributed by atoms with E-state index in [1.54, 1.807) is 0 Å². The molecule has 0 aliphatic rings. The summed E-state index contributed by atoms with van der Waals surface area (Å²) < 4.78 is 3.70. The summed E-state index contributed by atoms with van der Waals surface area (Å²) in [5.41, 5.74) is -0.117. The lowest BCUT2D eigenvalue weighted by atomic mass is 10.4. The van der Waals surface area contributed by atoms with Gasteiger partial charge in [0.2, 0.25) is 0 Å². The van der Waals surface area contributed by atoms with E-state index < -0.39 is 13.9 Å². The molecular weight excluding hydrogens is 398 g/mol. The highest BCUT2D eigenvalue weighted by molar-refractivity contribution is 9.39. The molecule has 0 spiro atoms. The molecule has 0 atom stereocenters. The number of likely N-dealkylation sites (N-methyl/N-ethyl adjacent to an activating group) is 1. The Kier molecular flexibility index (Phi) is 6.86. The van der Waals surface area contributed by atoms with E-state index in [9.17, 15) is 9.90 Å². The number of hydrogen-bond acceptors (Lipinski definition) is 4. The largest absolute Gasteiger partial charge is 0.872 e. The van der Waals surface area contributed by atoms with Crippen molar-refractivity contribution in [2.45, 2.75) is 15.5 Å². The minimum Gasteiger partial charge on any atom is -0.872 e. The summed E-state index contributed by atoms with van der Waals surface area (Å²) in [5, 5.41) is 14.2. The summed E-state index contributed by atoms with van der Waals surface area (Å²) in [6, 6.07) is 0. The molecule has 0 saturated carbocycles. The maximum absolute atomic E-state index is 11.7. The number of carbonyl (C=O) groups excluding carboxylic acids is 1. The van der Waals surface area contributed by atoms with Crippen molar-refractivity contribution >= 4 is 53.8 Å². The zero-order valence-corrected chi connectivity index (χ0v) is 13.0. The van der Waals surface area contributed by atoms with Crippen molar-refractivity contribution in [1.82, 2.24) is 5.32 Å². The molecule has 0 aromatic rings. The van der Waals surface area contributed by atoms with E-state index in [1.165, 1.54) is 7.05 Å². The molecule has 0 aliphatic carbocycles. The van der Waals surface area contributed by atoms with Crippen molar-refractivity contribution < 1.29 is 14.6 Å². The van der Waals surface area contributed by atoms with Crippen molar-refractivity contribution in [2.24, 2.45) is 0 Å².